The number of hydrogen-bond donors (Lipinski definition) is 2. The molecule has 0 aromatic heterocycles. The van der Waals surface area contributed by atoms with Crippen molar-refractivity contribution in [1.82, 2.24) is 4.90 Å². The topological polar surface area (TPSA) is 61.8 Å². The highest BCUT2D eigenvalue weighted by Gasteiger charge is 2.07. The van der Waals surface area contributed by atoms with Gasteiger partial charge in [0.25, 0.3) is 0 Å². The minimum absolute atomic E-state index is 0.341. The van der Waals surface area contributed by atoms with Gasteiger partial charge in [0.05, 0.1) is 11.3 Å². The Bertz CT molecular complexity index is 361. The molecule has 18 heavy (non-hydrogen) atoms. The van der Waals surface area contributed by atoms with Crippen LogP contribution in [0.25, 0.3) is 0 Å². The van der Waals surface area contributed by atoms with Crippen LogP contribution < -0.4 is 5.48 Å². The summed E-state index contributed by atoms with van der Waals surface area (Å²) >= 11 is 0. The molecular weight excluding hydrogens is 232 g/mol. The number of nitrogens with one attached hydrogen (secondary N) is 1. The monoisotopic (exact) mass is 252 g/mol. The van der Waals surface area contributed by atoms with Crippen molar-refractivity contribution < 1.29 is 14.7 Å². The van der Waals surface area contributed by atoms with Crippen LogP contribution in [0.4, 0.5) is 5.69 Å². The van der Waals surface area contributed by atoms with Gasteiger partial charge in [-0.2, -0.15) is 0 Å². The Morgan fingerprint density at radius 3 is 2.39 bits per heavy atom. The molecule has 100 valence electrons. The SMILES string of the molecule is CCN(CC)CCOC(=O)c1ccc(NO)cc1. The fourth-order valence-electron chi connectivity index (χ4n) is 1.57. The Hall–Kier alpha value is -1.59. The van der Waals surface area contributed by atoms with Gasteiger partial charge in [0, 0.05) is 6.54 Å². The van der Waals surface area contributed by atoms with E-state index in [0.29, 0.717) is 17.9 Å². The van der Waals surface area contributed by atoms with E-state index in [0.717, 1.165) is 19.6 Å². The van der Waals surface area contributed by atoms with E-state index in [2.05, 4.69) is 18.7 Å². The zero-order chi connectivity index (χ0) is 13.4. The first kappa shape index (κ1) is 14.5. The first-order chi connectivity index (χ1) is 8.71. The Labute approximate surface area is 107 Å². The zero-order valence-electron chi connectivity index (χ0n) is 10.8. The van der Waals surface area contributed by atoms with Crippen LogP contribution in [-0.4, -0.2) is 42.3 Å². The number of benzene rings is 1. The van der Waals surface area contributed by atoms with Crippen molar-refractivity contribution in [2.45, 2.75) is 13.8 Å². The lowest BCUT2D eigenvalue weighted by atomic mass is 10.2. The third-order valence-electron chi connectivity index (χ3n) is 2.78. The lowest BCUT2D eigenvalue weighted by Crippen LogP contribution is -2.27. The maximum Gasteiger partial charge on any atom is 0.338 e. The predicted octanol–water partition coefficient (Wildman–Crippen LogP) is 1.99. The number of likely N-dealkylation sites (N-methyl/N-ethyl adjacent to an activating group) is 1. The smallest absolute Gasteiger partial charge is 0.338 e. The number of carbonyl (C=O) groups excluding carboxylic acids is 1. The molecule has 0 saturated heterocycles. The molecule has 5 heteroatoms. The van der Waals surface area contributed by atoms with E-state index in [1.165, 1.54) is 0 Å². The minimum atomic E-state index is -0.341. The summed E-state index contributed by atoms with van der Waals surface area (Å²) in [6.45, 7) is 7.18. The van der Waals surface area contributed by atoms with E-state index in [1.54, 1.807) is 24.3 Å². The molecule has 0 bridgehead atoms. The Morgan fingerprint density at radius 1 is 1.28 bits per heavy atom. The van der Waals surface area contributed by atoms with Crippen LogP contribution in [0.5, 0.6) is 0 Å². The van der Waals surface area contributed by atoms with Gasteiger partial charge < -0.3 is 9.64 Å². The van der Waals surface area contributed by atoms with Gasteiger partial charge in [-0.3, -0.25) is 10.7 Å². The molecule has 0 fully saturated rings. The van der Waals surface area contributed by atoms with Crippen molar-refractivity contribution in [1.29, 1.82) is 0 Å². The molecule has 5 nitrogen and oxygen atoms in total. The number of anilines is 1. The molecule has 0 heterocycles. The lowest BCUT2D eigenvalue weighted by Gasteiger charge is -2.17. The van der Waals surface area contributed by atoms with E-state index in [4.69, 9.17) is 9.94 Å². The minimum Gasteiger partial charge on any atom is -0.461 e. The molecule has 0 saturated carbocycles. The number of hydrogen-bond acceptors (Lipinski definition) is 5. The number of ether oxygens (including phenoxy) is 1. The summed E-state index contributed by atoms with van der Waals surface area (Å²) in [6, 6.07) is 6.44. The fraction of sp³-hybridized carbons (Fsp3) is 0.462. The summed E-state index contributed by atoms with van der Waals surface area (Å²) in [5, 5.41) is 8.65. The van der Waals surface area contributed by atoms with E-state index < -0.39 is 0 Å². The molecule has 0 radical (unpaired) electrons. The van der Waals surface area contributed by atoms with Crippen LogP contribution in [0.15, 0.2) is 24.3 Å². The van der Waals surface area contributed by atoms with Crippen LogP contribution in [-0.2, 0) is 4.74 Å². The van der Waals surface area contributed by atoms with Crippen molar-refractivity contribution in [3.05, 3.63) is 29.8 Å². The average Bonchev–Trinajstić information content (AvgIpc) is 2.43. The molecule has 0 aliphatic heterocycles. The fourth-order valence-corrected chi connectivity index (χ4v) is 1.57. The summed E-state index contributed by atoms with van der Waals surface area (Å²) in [7, 11) is 0. The summed E-state index contributed by atoms with van der Waals surface area (Å²) < 4.78 is 5.17. The molecule has 1 aromatic rings. The van der Waals surface area contributed by atoms with Crippen molar-refractivity contribution in [3.8, 4) is 0 Å². The molecule has 0 aliphatic carbocycles. The van der Waals surface area contributed by atoms with Crippen LogP contribution in [0.2, 0.25) is 0 Å². The van der Waals surface area contributed by atoms with Crippen LogP contribution in [0, 0.1) is 0 Å². The van der Waals surface area contributed by atoms with Gasteiger partial charge in [0.2, 0.25) is 0 Å². The van der Waals surface area contributed by atoms with Gasteiger partial charge in [0.1, 0.15) is 6.61 Å². The molecule has 0 amide bonds. The van der Waals surface area contributed by atoms with Crippen LogP contribution in [0.1, 0.15) is 24.2 Å². The van der Waals surface area contributed by atoms with Crippen molar-refractivity contribution in [2.24, 2.45) is 0 Å². The van der Waals surface area contributed by atoms with Gasteiger partial charge in [-0.1, -0.05) is 13.8 Å². The molecule has 2 N–H and O–H groups in total. The summed E-state index contributed by atoms with van der Waals surface area (Å²) in [6.07, 6.45) is 0. The molecule has 0 unspecified atom stereocenters. The number of carbonyl (C=O) groups is 1. The third-order valence-corrected chi connectivity index (χ3v) is 2.78. The normalized spacial score (nSPS) is 10.4. The van der Waals surface area contributed by atoms with Crippen molar-refractivity contribution in [3.63, 3.8) is 0 Å². The van der Waals surface area contributed by atoms with Gasteiger partial charge in [0.15, 0.2) is 0 Å². The molecule has 1 aromatic carbocycles. The second kappa shape index (κ2) is 7.68. The first-order valence-electron chi connectivity index (χ1n) is 6.10. The molecular formula is C13H20N2O3. The molecule has 0 aliphatic rings. The third kappa shape index (κ3) is 4.35. The highest BCUT2D eigenvalue weighted by molar-refractivity contribution is 5.89. The van der Waals surface area contributed by atoms with Gasteiger partial charge in [-0.05, 0) is 37.4 Å². The molecule has 1 rings (SSSR count). The maximum absolute atomic E-state index is 11.7. The zero-order valence-corrected chi connectivity index (χ0v) is 10.8. The van der Waals surface area contributed by atoms with Crippen LogP contribution >= 0.6 is 0 Å². The van der Waals surface area contributed by atoms with Crippen LogP contribution in [0.3, 0.4) is 0 Å². The largest absolute Gasteiger partial charge is 0.461 e. The highest BCUT2D eigenvalue weighted by Crippen LogP contribution is 2.09. The quantitative estimate of drug-likeness (QED) is 0.574. The standard InChI is InChI=1S/C13H20N2O3/c1-3-15(4-2)9-10-18-13(16)11-5-7-12(14-17)8-6-11/h5-8,14,17H,3-4,9-10H2,1-2H3. The molecule has 0 atom stereocenters. The Kier molecular flexibility index (Phi) is 6.18. The van der Waals surface area contributed by atoms with E-state index in [9.17, 15) is 4.79 Å². The second-order valence-corrected chi connectivity index (χ2v) is 3.85. The first-order valence-corrected chi connectivity index (χ1v) is 6.10. The van der Waals surface area contributed by atoms with E-state index in [-0.39, 0.29) is 5.97 Å². The molecule has 0 spiro atoms. The van der Waals surface area contributed by atoms with Crippen molar-refractivity contribution >= 4 is 11.7 Å². The summed E-state index contributed by atoms with van der Waals surface area (Å²) in [5.41, 5.74) is 3.02. The van der Waals surface area contributed by atoms with E-state index >= 15 is 0 Å². The summed E-state index contributed by atoms with van der Waals surface area (Å²) in [4.78, 5) is 13.9. The Balaban J connectivity index is 2.40. The van der Waals surface area contributed by atoms with Gasteiger partial charge in [-0.15, -0.1) is 0 Å². The van der Waals surface area contributed by atoms with E-state index in [1.807, 2.05) is 5.48 Å². The predicted molar refractivity (Wildman–Crippen MR) is 69.9 cm³/mol. The number of esters is 1. The Morgan fingerprint density at radius 2 is 1.89 bits per heavy atom. The van der Waals surface area contributed by atoms with Gasteiger partial charge >= 0.3 is 5.97 Å². The average molecular weight is 252 g/mol. The van der Waals surface area contributed by atoms with Gasteiger partial charge in [-0.25, -0.2) is 4.79 Å². The summed E-state index contributed by atoms with van der Waals surface area (Å²) in [5.74, 6) is -0.341. The maximum atomic E-state index is 11.7. The lowest BCUT2D eigenvalue weighted by molar-refractivity contribution is 0.0466. The second-order valence-electron chi connectivity index (χ2n) is 3.85. The number of nitrogens with zero attached hydrogens (tertiary/aromatic N) is 1. The van der Waals surface area contributed by atoms with Crippen molar-refractivity contribution in [2.75, 3.05) is 31.7 Å². The number of rotatable bonds is 7. The highest BCUT2D eigenvalue weighted by atomic mass is 16.5.